The number of nitrogen functional groups attached to an aromatic ring is 1. The Kier molecular flexibility index (Phi) is 5.22. The summed E-state index contributed by atoms with van der Waals surface area (Å²) in [5, 5.41) is 3.03. The Labute approximate surface area is 100 Å². The molecule has 0 radical (unpaired) electrons. The summed E-state index contributed by atoms with van der Waals surface area (Å²) < 4.78 is 5.20. The molecule has 6 heteroatoms. The van der Waals surface area contributed by atoms with Crippen molar-refractivity contribution >= 4 is 17.4 Å². The van der Waals surface area contributed by atoms with Crippen LogP contribution in [0.2, 0.25) is 0 Å². The Morgan fingerprint density at radius 2 is 2.35 bits per heavy atom. The van der Waals surface area contributed by atoms with E-state index in [1.54, 1.807) is 0 Å². The first-order valence-corrected chi connectivity index (χ1v) is 5.52. The molecule has 0 spiro atoms. The number of hydrogen-bond donors (Lipinski definition) is 3. The first-order chi connectivity index (χ1) is 8.15. The summed E-state index contributed by atoms with van der Waals surface area (Å²) in [6.45, 7) is 3.98. The molecule has 0 atom stereocenters. The van der Waals surface area contributed by atoms with Crippen molar-refractivity contribution in [1.82, 2.24) is 4.98 Å². The molecule has 0 saturated carbocycles. The molecule has 1 heterocycles. The number of pyridine rings is 1. The van der Waals surface area contributed by atoms with E-state index in [0.717, 1.165) is 6.42 Å². The fourth-order valence-corrected chi connectivity index (χ4v) is 1.33. The molecule has 6 nitrogen and oxygen atoms in total. The second-order valence-electron chi connectivity index (χ2n) is 3.51. The van der Waals surface area contributed by atoms with Gasteiger partial charge in [0, 0.05) is 19.8 Å². The van der Waals surface area contributed by atoms with Crippen LogP contribution in [-0.2, 0) is 4.74 Å². The molecule has 0 bridgehead atoms. The highest BCUT2D eigenvalue weighted by Gasteiger charge is 2.09. The summed E-state index contributed by atoms with van der Waals surface area (Å²) in [5.74, 6) is -0.0830. The second kappa shape index (κ2) is 6.70. The lowest BCUT2D eigenvalue weighted by Gasteiger charge is -2.09. The molecular weight excluding hydrogens is 220 g/mol. The molecule has 1 aromatic heterocycles. The summed E-state index contributed by atoms with van der Waals surface area (Å²) in [7, 11) is 0. The number of hydrogen-bond acceptors (Lipinski definition) is 5. The minimum Gasteiger partial charge on any atom is -0.397 e. The first kappa shape index (κ1) is 13.2. The summed E-state index contributed by atoms with van der Waals surface area (Å²) in [6.07, 6.45) is 2.31. The highest BCUT2D eigenvalue weighted by atomic mass is 16.5. The van der Waals surface area contributed by atoms with Gasteiger partial charge in [-0.2, -0.15) is 0 Å². The van der Waals surface area contributed by atoms with E-state index in [-0.39, 0.29) is 0 Å². The van der Waals surface area contributed by atoms with Gasteiger partial charge in [-0.3, -0.25) is 4.79 Å². The third-order valence-corrected chi connectivity index (χ3v) is 2.14. The van der Waals surface area contributed by atoms with Gasteiger partial charge in [0.15, 0.2) is 0 Å². The highest BCUT2D eigenvalue weighted by molar-refractivity contribution is 5.98. The third-order valence-electron chi connectivity index (χ3n) is 2.14. The topological polar surface area (TPSA) is 103 Å². The van der Waals surface area contributed by atoms with E-state index in [1.165, 1.54) is 12.3 Å². The van der Waals surface area contributed by atoms with Crippen LogP contribution < -0.4 is 16.8 Å². The van der Waals surface area contributed by atoms with Crippen LogP contribution in [0, 0.1) is 0 Å². The van der Waals surface area contributed by atoms with E-state index in [9.17, 15) is 4.79 Å². The van der Waals surface area contributed by atoms with Crippen LogP contribution in [0.25, 0.3) is 0 Å². The number of amides is 1. The van der Waals surface area contributed by atoms with Gasteiger partial charge in [0.2, 0.25) is 0 Å². The SMILES string of the molecule is CCOCCCNc1ncc(N)cc1C(N)=O. The maximum atomic E-state index is 11.2. The number of carbonyl (C=O) groups excluding carboxylic acids is 1. The Morgan fingerprint density at radius 1 is 1.59 bits per heavy atom. The molecule has 17 heavy (non-hydrogen) atoms. The minimum atomic E-state index is -0.544. The molecule has 5 N–H and O–H groups in total. The lowest BCUT2D eigenvalue weighted by Crippen LogP contribution is -2.17. The molecular formula is C11H18N4O2. The molecule has 1 amide bonds. The van der Waals surface area contributed by atoms with Crippen molar-refractivity contribution < 1.29 is 9.53 Å². The molecule has 0 unspecified atom stereocenters. The van der Waals surface area contributed by atoms with Crippen molar-refractivity contribution in [1.29, 1.82) is 0 Å². The smallest absolute Gasteiger partial charge is 0.252 e. The van der Waals surface area contributed by atoms with E-state index in [1.807, 2.05) is 6.92 Å². The summed E-state index contributed by atoms with van der Waals surface area (Å²) in [6, 6.07) is 1.51. The zero-order valence-electron chi connectivity index (χ0n) is 9.90. The second-order valence-corrected chi connectivity index (χ2v) is 3.51. The standard InChI is InChI=1S/C11H18N4O2/c1-2-17-5-3-4-14-11-9(10(13)16)6-8(12)7-15-11/h6-7H,2-5,12H2,1H3,(H2,13,16)(H,14,15). The molecule has 0 aromatic carbocycles. The fraction of sp³-hybridized carbons (Fsp3) is 0.455. The summed E-state index contributed by atoms with van der Waals surface area (Å²) in [4.78, 5) is 15.2. The van der Waals surface area contributed by atoms with Crippen molar-refractivity contribution in [2.24, 2.45) is 5.73 Å². The number of ether oxygens (including phenoxy) is 1. The largest absolute Gasteiger partial charge is 0.397 e. The number of nitrogens with two attached hydrogens (primary N) is 2. The van der Waals surface area contributed by atoms with Crippen LogP contribution in [0.5, 0.6) is 0 Å². The van der Waals surface area contributed by atoms with Gasteiger partial charge in [0.05, 0.1) is 17.4 Å². The third kappa shape index (κ3) is 4.28. The molecule has 1 rings (SSSR count). The van der Waals surface area contributed by atoms with Gasteiger partial charge in [-0.15, -0.1) is 0 Å². The molecule has 94 valence electrons. The van der Waals surface area contributed by atoms with Crippen LogP contribution in [0.3, 0.4) is 0 Å². The summed E-state index contributed by atoms with van der Waals surface area (Å²) in [5.41, 5.74) is 11.5. The number of carbonyl (C=O) groups is 1. The van der Waals surface area contributed by atoms with Crippen LogP contribution in [0.1, 0.15) is 23.7 Å². The van der Waals surface area contributed by atoms with E-state index in [0.29, 0.717) is 36.8 Å². The van der Waals surface area contributed by atoms with Gasteiger partial charge in [-0.1, -0.05) is 0 Å². The van der Waals surface area contributed by atoms with E-state index in [2.05, 4.69) is 10.3 Å². The number of nitrogens with one attached hydrogen (secondary N) is 1. The van der Waals surface area contributed by atoms with Gasteiger partial charge < -0.3 is 21.5 Å². The van der Waals surface area contributed by atoms with Crippen molar-refractivity contribution in [3.63, 3.8) is 0 Å². The molecule has 0 aliphatic heterocycles. The maximum absolute atomic E-state index is 11.2. The molecule has 1 aromatic rings. The van der Waals surface area contributed by atoms with Crippen LogP contribution in [0.4, 0.5) is 11.5 Å². The van der Waals surface area contributed by atoms with E-state index < -0.39 is 5.91 Å². The van der Waals surface area contributed by atoms with Crippen molar-refractivity contribution in [2.45, 2.75) is 13.3 Å². The van der Waals surface area contributed by atoms with Crippen molar-refractivity contribution in [3.8, 4) is 0 Å². The van der Waals surface area contributed by atoms with E-state index in [4.69, 9.17) is 16.2 Å². The maximum Gasteiger partial charge on any atom is 0.252 e. The minimum absolute atomic E-state index is 0.307. The van der Waals surface area contributed by atoms with Gasteiger partial charge in [0.1, 0.15) is 5.82 Å². The zero-order valence-corrected chi connectivity index (χ0v) is 9.90. The Bertz CT molecular complexity index is 382. The van der Waals surface area contributed by atoms with Crippen LogP contribution >= 0.6 is 0 Å². The van der Waals surface area contributed by atoms with Crippen LogP contribution in [0.15, 0.2) is 12.3 Å². The Morgan fingerprint density at radius 3 is 3.00 bits per heavy atom. The highest BCUT2D eigenvalue weighted by Crippen LogP contribution is 2.14. The molecule has 0 saturated heterocycles. The predicted octanol–water partition coefficient (Wildman–Crippen LogP) is 0.601. The number of aromatic nitrogens is 1. The Hall–Kier alpha value is -1.82. The van der Waals surface area contributed by atoms with Crippen molar-refractivity contribution in [2.75, 3.05) is 30.8 Å². The number of nitrogens with zero attached hydrogens (tertiary/aromatic N) is 1. The monoisotopic (exact) mass is 238 g/mol. The number of rotatable bonds is 7. The zero-order chi connectivity index (χ0) is 12.7. The summed E-state index contributed by atoms with van der Waals surface area (Å²) >= 11 is 0. The van der Waals surface area contributed by atoms with Gasteiger partial charge >= 0.3 is 0 Å². The fourth-order valence-electron chi connectivity index (χ4n) is 1.33. The Balaban J connectivity index is 2.55. The first-order valence-electron chi connectivity index (χ1n) is 5.52. The van der Waals surface area contributed by atoms with E-state index >= 15 is 0 Å². The lowest BCUT2D eigenvalue weighted by molar-refractivity contribution is 0.100. The number of primary amides is 1. The average Bonchev–Trinajstić information content (AvgIpc) is 2.30. The number of anilines is 2. The lowest BCUT2D eigenvalue weighted by atomic mass is 10.2. The quantitative estimate of drug-likeness (QED) is 0.603. The average molecular weight is 238 g/mol. The predicted molar refractivity (Wildman–Crippen MR) is 66.8 cm³/mol. The normalized spacial score (nSPS) is 10.2. The van der Waals surface area contributed by atoms with Gasteiger partial charge in [-0.25, -0.2) is 4.98 Å². The van der Waals surface area contributed by atoms with Crippen LogP contribution in [-0.4, -0.2) is 30.6 Å². The molecule has 0 aliphatic carbocycles. The molecule has 0 fully saturated rings. The van der Waals surface area contributed by atoms with Gasteiger partial charge in [-0.05, 0) is 19.4 Å². The van der Waals surface area contributed by atoms with Crippen molar-refractivity contribution in [3.05, 3.63) is 17.8 Å². The molecule has 0 aliphatic rings. The van der Waals surface area contributed by atoms with Gasteiger partial charge in [0.25, 0.3) is 5.91 Å².